The van der Waals surface area contributed by atoms with E-state index < -0.39 is 21.6 Å². The predicted molar refractivity (Wildman–Crippen MR) is 89.8 cm³/mol. The minimum absolute atomic E-state index is 0. The molecule has 1 saturated heterocycles. The Hall–Kier alpha value is -0.670. The van der Waals surface area contributed by atoms with E-state index in [0.29, 0.717) is 25.9 Å². The molecule has 22 heavy (non-hydrogen) atoms. The number of hydrogen-bond acceptors (Lipinski definition) is 5. The number of carbonyl (C=O) groups excluding carboxylic acids is 1. The summed E-state index contributed by atoms with van der Waals surface area (Å²) in [6.45, 7) is 4.31. The van der Waals surface area contributed by atoms with Crippen molar-refractivity contribution in [1.82, 2.24) is 9.62 Å². The van der Waals surface area contributed by atoms with Gasteiger partial charge < -0.3 is 11.1 Å². The predicted octanol–water partition coefficient (Wildman–Crippen LogP) is 1.18. The van der Waals surface area contributed by atoms with Crippen LogP contribution in [0.15, 0.2) is 21.7 Å². The van der Waals surface area contributed by atoms with E-state index in [1.54, 1.807) is 17.5 Å². The van der Waals surface area contributed by atoms with E-state index in [1.807, 2.05) is 13.8 Å². The van der Waals surface area contributed by atoms with Crippen molar-refractivity contribution in [3.05, 3.63) is 17.5 Å². The van der Waals surface area contributed by atoms with Crippen LogP contribution in [0.5, 0.6) is 0 Å². The fourth-order valence-electron chi connectivity index (χ4n) is 2.25. The summed E-state index contributed by atoms with van der Waals surface area (Å²) in [5, 5.41) is 4.46. The Kier molecular flexibility index (Phi) is 6.40. The van der Waals surface area contributed by atoms with E-state index in [9.17, 15) is 13.2 Å². The van der Waals surface area contributed by atoms with Gasteiger partial charge in [0.2, 0.25) is 5.91 Å². The smallest absolute Gasteiger partial charge is 0.253 e. The Labute approximate surface area is 141 Å². The van der Waals surface area contributed by atoms with Crippen molar-refractivity contribution in [3.8, 4) is 0 Å². The zero-order chi connectivity index (χ0) is 15.7. The van der Waals surface area contributed by atoms with E-state index in [1.165, 1.54) is 15.6 Å². The highest BCUT2D eigenvalue weighted by Gasteiger charge is 2.39. The summed E-state index contributed by atoms with van der Waals surface area (Å²) in [7, 11) is -3.58. The van der Waals surface area contributed by atoms with Gasteiger partial charge in [-0.3, -0.25) is 4.79 Å². The Morgan fingerprint density at radius 3 is 2.77 bits per heavy atom. The molecule has 0 bridgehead atoms. The first kappa shape index (κ1) is 19.4. The molecule has 6 nitrogen and oxygen atoms in total. The molecule has 126 valence electrons. The van der Waals surface area contributed by atoms with E-state index >= 15 is 0 Å². The largest absolute Gasteiger partial charge is 0.353 e. The number of sulfonamides is 1. The molecular weight excluding hydrogens is 346 g/mol. The molecule has 1 aliphatic rings. The maximum Gasteiger partial charge on any atom is 0.253 e. The summed E-state index contributed by atoms with van der Waals surface area (Å²) < 4.78 is 26.7. The molecule has 0 radical (unpaired) electrons. The first-order chi connectivity index (χ1) is 9.72. The molecule has 0 aromatic carbocycles. The van der Waals surface area contributed by atoms with E-state index in [4.69, 9.17) is 5.73 Å². The van der Waals surface area contributed by atoms with Crippen LogP contribution in [0.1, 0.15) is 26.7 Å². The molecule has 1 unspecified atom stereocenters. The zero-order valence-corrected chi connectivity index (χ0v) is 15.1. The molecule has 1 amide bonds. The number of nitrogens with zero attached hydrogens (tertiary/aromatic N) is 1. The molecule has 1 aromatic rings. The second kappa shape index (κ2) is 7.27. The second-order valence-electron chi connectivity index (χ2n) is 5.91. The van der Waals surface area contributed by atoms with Gasteiger partial charge in [-0.2, -0.15) is 4.31 Å². The second-order valence-corrected chi connectivity index (χ2v) is 8.98. The van der Waals surface area contributed by atoms with Crippen LogP contribution in [0.25, 0.3) is 0 Å². The first-order valence-electron chi connectivity index (χ1n) is 6.84. The lowest BCUT2D eigenvalue weighted by molar-refractivity contribution is -0.124. The number of nitrogens with two attached hydrogens (primary N) is 1. The van der Waals surface area contributed by atoms with Crippen LogP contribution < -0.4 is 11.1 Å². The van der Waals surface area contributed by atoms with Crippen molar-refractivity contribution in [1.29, 1.82) is 0 Å². The lowest BCUT2D eigenvalue weighted by Crippen LogP contribution is -2.51. The van der Waals surface area contributed by atoms with Crippen LogP contribution in [0.4, 0.5) is 0 Å². The highest BCUT2D eigenvalue weighted by Crippen LogP contribution is 2.28. The van der Waals surface area contributed by atoms with E-state index in [0.717, 1.165) is 0 Å². The normalized spacial score (nSPS) is 19.7. The van der Waals surface area contributed by atoms with Crippen molar-refractivity contribution < 1.29 is 13.2 Å². The van der Waals surface area contributed by atoms with Crippen LogP contribution in [-0.4, -0.2) is 43.3 Å². The molecule has 0 spiro atoms. The molecule has 1 aromatic heterocycles. The summed E-state index contributed by atoms with van der Waals surface area (Å²) >= 11 is 1.17. The summed E-state index contributed by atoms with van der Waals surface area (Å²) in [5.41, 5.74) is 5.31. The fourth-order valence-corrected chi connectivity index (χ4v) is 5.02. The molecular formula is C13H22ClN3O3S2. The lowest BCUT2D eigenvalue weighted by Gasteiger charge is -2.25. The summed E-state index contributed by atoms with van der Waals surface area (Å²) in [5.74, 6) is -0.272. The Bertz CT molecular complexity index is 597. The van der Waals surface area contributed by atoms with Crippen molar-refractivity contribution in [3.63, 3.8) is 0 Å². The van der Waals surface area contributed by atoms with Crippen LogP contribution in [0.3, 0.4) is 0 Å². The Morgan fingerprint density at radius 2 is 2.23 bits per heavy atom. The number of thiophene rings is 1. The van der Waals surface area contributed by atoms with Gasteiger partial charge >= 0.3 is 0 Å². The van der Waals surface area contributed by atoms with Crippen LogP contribution in [-0.2, 0) is 14.8 Å². The summed E-state index contributed by atoms with van der Waals surface area (Å²) in [4.78, 5) is 12.2. The molecule has 1 fully saturated rings. The highest BCUT2D eigenvalue weighted by molar-refractivity contribution is 7.91. The first-order valence-corrected chi connectivity index (χ1v) is 9.16. The summed E-state index contributed by atoms with van der Waals surface area (Å²) in [6, 6.07) is 2.62. The summed E-state index contributed by atoms with van der Waals surface area (Å²) in [6.07, 6.45) is 1.23. The maximum absolute atomic E-state index is 12.5. The van der Waals surface area contributed by atoms with Gasteiger partial charge in [-0.1, -0.05) is 6.07 Å². The number of rotatable bonds is 5. The molecule has 0 saturated carbocycles. The lowest BCUT2D eigenvalue weighted by atomic mass is 10.1. The van der Waals surface area contributed by atoms with Crippen molar-refractivity contribution in [2.75, 3.05) is 13.1 Å². The molecule has 3 N–H and O–H groups in total. The standard InChI is InChI=1S/C13H21N3O3S2.ClH/c1-13(2,14)9-15-12(17)10-5-3-7-16(10)21(18,19)11-6-4-8-20-11;/h4,6,8,10H,3,5,7,9,14H2,1-2H3,(H,15,17);1H. The van der Waals surface area contributed by atoms with Gasteiger partial charge in [-0.15, -0.1) is 23.7 Å². The molecule has 1 atom stereocenters. The molecule has 1 aliphatic heterocycles. The van der Waals surface area contributed by atoms with Gasteiger partial charge in [-0.05, 0) is 38.1 Å². The van der Waals surface area contributed by atoms with Gasteiger partial charge in [0, 0.05) is 18.6 Å². The number of amides is 1. The van der Waals surface area contributed by atoms with Gasteiger partial charge in [0.25, 0.3) is 10.0 Å². The Morgan fingerprint density at radius 1 is 1.55 bits per heavy atom. The zero-order valence-electron chi connectivity index (χ0n) is 12.6. The number of carbonyl (C=O) groups is 1. The molecule has 2 heterocycles. The third kappa shape index (κ3) is 4.42. The topological polar surface area (TPSA) is 92.5 Å². The van der Waals surface area contributed by atoms with Crippen LogP contribution in [0, 0.1) is 0 Å². The molecule has 2 rings (SSSR count). The number of halogens is 1. The monoisotopic (exact) mass is 367 g/mol. The number of hydrogen-bond donors (Lipinski definition) is 2. The van der Waals surface area contributed by atoms with E-state index in [-0.39, 0.29) is 22.5 Å². The average molecular weight is 368 g/mol. The van der Waals surface area contributed by atoms with Gasteiger partial charge in [0.15, 0.2) is 0 Å². The van der Waals surface area contributed by atoms with Crippen molar-refractivity contribution in [2.45, 2.75) is 42.5 Å². The minimum atomic E-state index is -3.58. The van der Waals surface area contributed by atoms with Gasteiger partial charge in [-0.25, -0.2) is 8.42 Å². The highest BCUT2D eigenvalue weighted by atomic mass is 35.5. The van der Waals surface area contributed by atoms with E-state index in [2.05, 4.69) is 5.32 Å². The molecule has 0 aliphatic carbocycles. The van der Waals surface area contributed by atoms with Crippen molar-refractivity contribution in [2.24, 2.45) is 5.73 Å². The average Bonchev–Trinajstić information content (AvgIpc) is 3.05. The quantitative estimate of drug-likeness (QED) is 0.817. The van der Waals surface area contributed by atoms with Gasteiger partial charge in [0.05, 0.1) is 0 Å². The SMILES string of the molecule is CC(C)(N)CNC(=O)C1CCCN1S(=O)(=O)c1cccs1.Cl. The van der Waals surface area contributed by atoms with Gasteiger partial charge in [0.1, 0.15) is 10.3 Å². The fraction of sp³-hybridized carbons (Fsp3) is 0.615. The Balaban J connectivity index is 0.00000242. The number of nitrogens with one attached hydrogen (secondary N) is 1. The third-order valence-corrected chi connectivity index (χ3v) is 6.56. The third-order valence-electron chi connectivity index (χ3n) is 3.28. The molecule has 9 heteroatoms. The van der Waals surface area contributed by atoms with Crippen LogP contribution >= 0.6 is 23.7 Å². The van der Waals surface area contributed by atoms with Crippen LogP contribution in [0.2, 0.25) is 0 Å². The maximum atomic E-state index is 12.5. The minimum Gasteiger partial charge on any atom is -0.353 e. The van der Waals surface area contributed by atoms with Crippen molar-refractivity contribution >= 4 is 39.7 Å².